The first kappa shape index (κ1) is 12.5. The molecule has 98 valence electrons. The number of hydrogen-bond donors (Lipinski definition) is 0. The summed E-state index contributed by atoms with van der Waals surface area (Å²) in [7, 11) is 4.09. The normalized spacial score (nSPS) is 35.9. The molecule has 2 heterocycles. The Bertz CT molecular complexity index is 419. The summed E-state index contributed by atoms with van der Waals surface area (Å²) in [4.78, 5) is 2.51. The van der Waals surface area contributed by atoms with Gasteiger partial charge in [0.2, 0.25) is 0 Å². The van der Waals surface area contributed by atoms with Crippen LogP contribution in [0.25, 0.3) is 0 Å². The van der Waals surface area contributed by atoms with E-state index in [1.807, 2.05) is 19.2 Å². The van der Waals surface area contributed by atoms with Crippen molar-refractivity contribution in [3.05, 3.63) is 34.9 Å². The van der Waals surface area contributed by atoms with Crippen LogP contribution >= 0.6 is 11.6 Å². The van der Waals surface area contributed by atoms with E-state index in [9.17, 15) is 0 Å². The monoisotopic (exact) mass is 265 g/mol. The van der Waals surface area contributed by atoms with Crippen molar-refractivity contribution >= 4 is 11.6 Å². The van der Waals surface area contributed by atoms with Gasteiger partial charge in [-0.25, -0.2) is 0 Å². The molecule has 1 aromatic carbocycles. The zero-order valence-corrected chi connectivity index (χ0v) is 11.7. The Morgan fingerprint density at radius 3 is 2.61 bits per heavy atom. The van der Waals surface area contributed by atoms with Crippen LogP contribution in [0.4, 0.5) is 0 Å². The first-order chi connectivity index (χ1) is 8.70. The fourth-order valence-electron chi connectivity index (χ4n) is 3.77. The highest BCUT2D eigenvalue weighted by Gasteiger charge is 2.46. The summed E-state index contributed by atoms with van der Waals surface area (Å²) in [5, 5.41) is 0.809. The molecular weight excluding hydrogens is 246 g/mol. The maximum Gasteiger partial charge on any atom is 0.0795 e. The summed E-state index contributed by atoms with van der Waals surface area (Å²) < 4.78 is 5.81. The Morgan fingerprint density at radius 2 is 1.94 bits per heavy atom. The lowest BCUT2D eigenvalue weighted by atomic mass is 9.83. The molecule has 0 amide bonds. The second-order valence-electron chi connectivity index (χ2n) is 5.56. The van der Waals surface area contributed by atoms with Gasteiger partial charge in [0, 0.05) is 30.1 Å². The van der Waals surface area contributed by atoms with E-state index >= 15 is 0 Å². The van der Waals surface area contributed by atoms with E-state index in [2.05, 4.69) is 24.1 Å². The van der Waals surface area contributed by atoms with Crippen LogP contribution in [-0.4, -0.2) is 37.2 Å². The fraction of sp³-hybridized carbons (Fsp3) is 0.600. The number of fused-ring (bicyclic) bond motifs is 2. The Hall–Kier alpha value is -0.570. The third kappa shape index (κ3) is 1.97. The predicted molar refractivity (Wildman–Crippen MR) is 74.2 cm³/mol. The van der Waals surface area contributed by atoms with Crippen LogP contribution in [0.15, 0.2) is 24.3 Å². The van der Waals surface area contributed by atoms with Crippen LogP contribution in [0.2, 0.25) is 5.02 Å². The topological polar surface area (TPSA) is 12.5 Å². The number of halogens is 1. The average Bonchev–Trinajstić information content (AvgIpc) is 2.63. The summed E-state index contributed by atoms with van der Waals surface area (Å²) in [5.74, 6) is 0.515. The van der Waals surface area contributed by atoms with Crippen molar-refractivity contribution in [3.8, 4) is 0 Å². The van der Waals surface area contributed by atoms with Gasteiger partial charge in [0.15, 0.2) is 0 Å². The Morgan fingerprint density at radius 1 is 1.22 bits per heavy atom. The largest absolute Gasteiger partial charge is 0.379 e. The Kier molecular flexibility index (Phi) is 3.35. The number of likely N-dealkylation sites (N-methyl/N-ethyl adjacent to an activating group) is 1. The van der Waals surface area contributed by atoms with E-state index in [0.717, 1.165) is 11.1 Å². The maximum atomic E-state index is 5.97. The number of rotatable bonds is 2. The number of piperidine rings is 1. The van der Waals surface area contributed by atoms with Crippen LogP contribution in [-0.2, 0) is 4.74 Å². The van der Waals surface area contributed by atoms with Gasteiger partial charge in [0.05, 0.1) is 6.10 Å². The van der Waals surface area contributed by atoms with Crippen molar-refractivity contribution < 1.29 is 4.74 Å². The molecule has 0 unspecified atom stereocenters. The molecule has 3 heteroatoms. The molecule has 0 N–H and O–H groups in total. The summed E-state index contributed by atoms with van der Waals surface area (Å²) in [6.45, 7) is 0. The van der Waals surface area contributed by atoms with Gasteiger partial charge in [-0.05, 0) is 44.0 Å². The van der Waals surface area contributed by atoms with E-state index in [1.54, 1.807) is 0 Å². The summed E-state index contributed by atoms with van der Waals surface area (Å²) in [6.07, 6.45) is 4.09. The molecule has 2 nitrogen and oxygen atoms in total. The quantitative estimate of drug-likeness (QED) is 0.814. The van der Waals surface area contributed by atoms with Crippen molar-refractivity contribution in [2.75, 3.05) is 14.2 Å². The minimum atomic E-state index is 0.315. The highest BCUT2D eigenvalue weighted by molar-refractivity contribution is 6.30. The van der Waals surface area contributed by atoms with Crippen LogP contribution in [0.5, 0.6) is 0 Å². The van der Waals surface area contributed by atoms with E-state index in [4.69, 9.17) is 16.3 Å². The molecule has 0 radical (unpaired) electrons. The average molecular weight is 266 g/mol. The second-order valence-corrected chi connectivity index (χ2v) is 5.99. The van der Waals surface area contributed by atoms with Crippen molar-refractivity contribution in [2.24, 2.45) is 0 Å². The maximum absolute atomic E-state index is 5.97. The smallest absolute Gasteiger partial charge is 0.0795 e. The third-order valence-corrected chi connectivity index (χ3v) is 5.02. The first-order valence-corrected chi connectivity index (χ1v) is 7.08. The highest BCUT2D eigenvalue weighted by Crippen LogP contribution is 2.43. The summed E-state index contributed by atoms with van der Waals surface area (Å²) >= 11 is 5.97. The van der Waals surface area contributed by atoms with Gasteiger partial charge in [-0.3, -0.25) is 4.90 Å². The lowest BCUT2D eigenvalue weighted by Crippen LogP contribution is -2.49. The Balaban J connectivity index is 1.89. The second kappa shape index (κ2) is 4.84. The number of nitrogens with zero attached hydrogens (tertiary/aromatic N) is 1. The third-order valence-electron chi connectivity index (χ3n) is 4.77. The molecular formula is C15H20ClNO. The molecule has 0 aliphatic carbocycles. The van der Waals surface area contributed by atoms with Crippen molar-refractivity contribution in [2.45, 2.75) is 43.4 Å². The van der Waals surface area contributed by atoms with Gasteiger partial charge in [0.25, 0.3) is 0 Å². The van der Waals surface area contributed by atoms with E-state index in [-0.39, 0.29) is 0 Å². The zero-order valence-electron chi connectivity index (χ0n) is 11.0. The van der Waals surface area contributed by atoms with Crippen LogP contribution in [0, 0.1) is 0 Å². The molecule has 4 atom stereocenters. The lowest BCUT2D eigenvalue weighted by molar-refractivity contribution is -0.0197. The number of ether oxygens (including phenoxy) is 1. The van der Waals surface area contributed by atoms with Gasteiger partial charge in [-0.15, -0.1) is 0 Å². The van der Waals surface area contributed by atoms with Crippen LogP contribution < -0.4 is 0 Å². The van der Waals surface area contributed by atoms with E-state index in [1.165, 1.54) is 24.8 Å². The van der Waals surface area contributed by atoms with Gasteiger partial charge in [-0.2, -0.15) is 0 Å². The molecule has 0 spiro atoms. The van der Waals surface area contributed by atoms with Gasteiger partial charge < -0.3 is 4.74 Å². The van der Waals surface area contributed by atoms with Crippen molar-refractivity contribution in [3.63, 3.8) is 0 Å². The predicted octanol–water partition coefficient (Wildman–Crippen LogP) is 3.31. The molecule has 2 fully saturated rings. The van der Waals surface area contributed by atoms with Crippen LogP contribution in [0.3, 0.4) is 0 Å². The molecule has 2 aliphatic rings. The standard InChI is InChI=1S/C15H20ClNO/c1-17-12-7-8-14(17)15(18-2)13(9-12)10-3-5-11(16)6-4-10/h3-6,12-15H,7-9H2,1-2H3/t12-,13-,14+,15+/m0/s1. The number of hydrogen-bond acceptors (Lipinski definition) is 2. The number of methoxy groups -OCH3 is 1. The Labute approximate surface area is 114 Å². The molecule has 18 heavy (non-hydrogen) atoms. The molecule has 2 saturated heterocycles. The van der Waals surface area contributed by atoms with Crippen molar-refractivity contribution in [1.29, 1.82) is 0 Å². The van der Waals surface area contributed by atoms with E-state index in [0.29, 0.717) is 18.1 Å². The van der Waals surface area contributed by atoms with Gasteiger partial charge in [0.1, 0.15) is 0 Å². The van der Waals surface area contributed by atoms with Gasteiger partial charge >= 0.3 is 0 Å². The SMILES string of the molecule is CO[C@H]1[C@H]2CC[C@@H](C[C@H]1c1ccc(Cl)cc1)N2C. The van der Waals surface area contributed by atoms with Crippen molar-refractivity contribution in [1.82, 2.24) is 4.90 Å². The lowest BCUT2D eigenvalue weighted by Gasteiger charge is -2.42. The molecule has 3 rings (SSSR count). The van der Waals surface area contributed by atoms with Gasteiger partial charge in [-0.1, -0.05) is 23.7 Å². The first-order valence-electron chi connectivity index (χ1n) is 6.71. The minimum Gasteiger partial charge on any atom is -0.379 e. The molecule has 1 aromatic rings. The fourth-order valence-corrected chi connectivity index (χ4v) is 3.90. The summed E-state index contributed by atoms with van der Waals surface area (Å²) in [6, 6.07) is 9.60. The van der Waals surface area contributed by atoms with Crippen LogP contribution in [0.1, 0.15) is 30.7 Å². The number of benzene rings is 1. The molecule has 0 saturated carbocycles. The molecule has 2 aliphatic heterocycles. The van der Waals surface area contributed by atoms with E-state index < -0.39 is 0 Å². The molecule has 2 bridgehead atoms. The summed E-state index contributed by atoms with van der Waals surface area (Å²) in [5.41, 5.74) is 1.37. The minimum absolute atomic E-state index is 0.315. The zero-order chi connectivity index (χ0) is 12.7. The molecule has 0 aromatic heterocycles. The highest BCUT2D eigenvalue weighted by atomic mass is 35.5.